The molecule has 0 radical (unpaired) electrons. The molecule has 4 rings (SSSR count). The Kier molecular flexibility index (Phi) is 4.89. The maximum atomic E-state index is 13.5. The van der Waals surface area contributed by atoms with Gasteiger partial charge in [-0.15, -0.1) is 0 Å². The molecule has 2 fully saturated rings. The van der Waals surface area contributed by atoms with Crippen LogP contribution in [0.3, 0.4) is 0 Å². The van der Waals surface area contributed by atoms with E-state index in [9.17, 15) is 19.5 Å². The van der Waals surface area contributed by atoms with Crippen molar-refractivity contribution in [2.75, 3.05) is 0 Å². The zero-order chi connectivity index (χ0) is 19.9. The minimum absolute atomic E-state index is 0.191. The van der Waals surface area contributed by atoms with Gasteiger partial charge in [-0.3, -0.25) is 14.4 Å². The van der Waals surface area contributed by atoms with Crippen LogP contribution < -0.4 is 0 Å². The van der Waals surface area contributed by atoms with Crippen LogP contribution >= 0.6 is 0 Å². The third-order valence-corrected chi connectivity index (χ3v) is 6.77. The Balaban J connectivity index is 1.81. The first-order valence-electron chi connectivity index (χ1n) is 10.4. The summed E-state index contributed by atoms with van der Waals surface area (Å²) in [5.74, 6) is -1.87. The summed E-state index contributed by atoms with van der Waals surface area (Å²) in [5.41, 5.74) is 0.657. The summed E-state index contributed by atoms with van der Waals surface area (Å²) in [7, 11) is 0. The van der Waals surface area contributed by atoms with Gasteiger partial charge in [-0.1, -0.05) is 32.1 Å². The summed E-state index contributed by atoms with van der Waals surface area (Å²) in [6.07, 6.45) is 8.28. The third-order valence-electron chi connectivity index (χ3n) is 6.77. The summed E-state index contributed by atoms with van der Waals surface area (Å²) >= 11 is 0. The Hall–Kier alpha value is -2.37. The molecule has 28 heavy (non-hydrogen) atoms. The number of hydrogen-bond donors (Lipinski definition) is 2. The number of fused-ring (bicyclic) bond motifs is 2. The van der Waals surface area contributed by atoms with E-state index in [1.807, 2.05) is 16.7 Å². The first kappa shape index (κ1) is 19.0. The fourth-order valence-electron chi connectivity index (χ4n) is 5.42. The predicted molar refractivity (Wildman–Crippen MR) is 103 cm³/mol. The Morgan fingerprint density at radius 3 is 2.36 bits per heavy atom. The minimum atomic E-state index is -1.09. The molecule has 2 saturated carbocycles. The predicted octanol–water partition coefficient (Wildman–Crippen LogP) is 4.09. The molecule has 2 N–H and O–H groups in total. The second-order valence-corrected chi connectivity index (χ2v) is 8.42. The van der Waals surface area contributed by atoms with E-state index < -0.39 is 17.3 Å². The standard InChI is InChI=1S/C22H27NO5/c24-17(10-11-18(25)26)19-20(27)16-9-8-15(14-6-2-1-3-7-14)23(16)22(21(19)28)12-4-5-13-22/h8-9,14,27H,1-7,10-13H2,(H,25,26). The van der Waals surface area contributed by atoms with Gasteiger partial charge in [-0.25, -0.2) is 0 Å². The summed E-state index contributed by atoms with van der Waals surface area (Å²) in [5, 5.41) is 19.7. The Labute approximate surface area is 164 Å². The van der Waals surface area contributed by atoms with Crippen LogP contribution in [-0.2, 0) is 19.9 Å². The van der Waals surface area contributed by atoms with Crippen molar-refractivity contribution in [1.82, 2.24) is 4.57 Å². The zero-order valence-electron chi connectivity index (χ0n) is 16.1. The van der Waals surface area contributed by atoms with Crippen LogP contribution in [0.25, 0.3) is 5.76 Å². The molecule has 2 aliphatic carbocycles. The number of carboxylic acid groups (broad SMARTS) is 1. The Bertz CT molecular complexity index is 850. The number of carbonyl (C=O) groups excluding carboxylic acids is 2. The van der Waals surface area contributed by atoms with E-state index in [0.717, 1.165) is 31.4 Å². The Morgan fingerprint density at radius 1 is 1.04 bits per heavy atom. The number of aliphatic carboxylic acids is 1. The molecular weight excluding hydrogens is 358 g/mol. The molecule has 1 aromatic heterocycles. The number of aromatic nitrogens is 1. The van der Waals surface area contributed by atoms with Gasteiger partial charge in [-0.2, -0.15) is 0 Å². The van der Waals surface area contributed by atoms with Crippen LogP contribution in [0.15, 0.2) is 17.7 Å². The van der Waals surface area contributed by atoms with Crippen LogP contribution in [0.1, 0.15) is 87.9 Å². The van der Waals surface area contributed by atoms with Crippen LogP contribution in [-0.4, -0.2) is 32.3 Å². The van der Waals surface area contributed by atoms with Gasteiger partial charge in [0.2, 0.25) is 0 Å². The number of ketones is 2. The second kappa shape index (κ2) is 7.22. The average Bonchev–Trinajstić information content (AvgIpc) is 3.34. The number of allylic oxidation sites excluding steroid dienone is 1. The monoisotopic (exact) mass is 385 g/mol. The molecule has 0 unspecified atom stereocenters. The lowest BCUT2D eigenvalue weighted by atomic mass is 9.79. The van der Waals surface area contributed by atoms with Crippen molar-refractivity contribution < 1.29 is 24.6 Å². The minimum Gasteiger partial charge on any atom is -0.505 e. The van der Waals surface area contributed by atoms with Crippen LogP contribution in [0, 0.1) is 0 Å². The largest absolute Gasteiger partial charge is 0.505 e. The summed E-state index contributed by atoms with van der Waals surface area (Å²) in [6.45, 7) is 0. The number of carboxylic acids is 1. The molecule has 150 valence electrons. The van der Waals surface area contributed by atoms with Gasteiger partial charge in [0.1, 0.15) is 11.1 Å². The molecule has 3 aliphatic rings. The molecule has 2 heterocycles. The summed E-state index contributed by atoms with van der Waals surface area (Å²) < 4.78 is 2.04. The van der Waals surface area contributed by atoms with E-state index in [-0.39, 0.29) is 30.0 Å². The molecule has 0 atom stereocenters. The summed E-state index contributed by atoms with van der Waals surface area (Å²) in [4.78, 5) is 37.1. The van der Waals surface area contributed by atoms with Gasteiger partial charge in [0.05, 0.1) is 12.1 Å². The molecule has 0 aromatic carbocycles. The second-order valence-electron chi connectivity index (χ2n) is 8.42. The van der Waals surface area contributed by atoms with Gasteiger partial charge in [-0.05, 0) is 43.7 Å². The van der Waals surface area contributed by atoms with E-state index in [4.69, 9.17) is 5.11 Å². The lowest BCUT2D eigenvalue weighted by Gasteiger charge is -2.39. The SMILES string of the molecule is O=C(O)CCC(=O)C1=C(O)c2ccc(C3CCCCC3)n2C2(CCCC2)C1=O. The Morgan fingerprint density at radius 2 is 1.71 bits per heavy atom. The lowest BCUT2D eigenvalue weighted by Crippen LogP contribution is -2.46. The van der Waals surface area contributed by atoms with Crippen molar-refractivity contribution in [2.45, 2.75) is 82.1 Å². The van der Waals surface area contributed by atoms with Gasteiger partial charge < -0.3 is 14.8 Å². The molecule has 1 aliphatic heterocycles. The van der Waals surface area contributed by atoms with Crippen molar-refractivity contribution in [3.8, 4) is 0 Å². The van der Waals surface area contributed by atoms with Crippen molar-refractivity contribution in [2.24, 2.45) is 0 Å². The van der Waals surface area contributed by atoms with Gasteiger partial charge in [0.15, 0.2) is 17.3 Å². The summed E-state index contributed by atoms with van der Waals surface area (Å²) in [6, 6.07) is 3.84. The smallest absolute Gasteiger partial charge is 0.303 e. The molecule has 0 saturated heterocycles. The zero-order valence-corrected chi connectivity index (χ0v) is 16.1. The van der Waals surface area contributed by atoms with Crippen molar-refractivity contribution in [3.05, 3.63) is 29.1 Å². The van der Waals surface area contributed by atoms with Crippen molar-refractivity contribution in [1.29, 1.82) is 0 Å². The highest BCUT2D eigenvalue weighted by Crippen LogP contribution is 2.48. The highest BCUT2D eigenvalue weighted by atomic mass is 16.4. The maximum Gasteiger partial charge on any atom is 0.303 e. The van der Waals surface area contributed by atoms with Gasteiger partial charge in [0.25, 0.3) is 0 Å². The number of Topliss-reactive ketones (excluding diaryl/α,β-unsaturated/α-hetero) is 2. The molecule has 0 amide bonds. The molecular formula is C22H27NO5. The van der Waals surface area contributed by atoms with E-state index >= 15 is 0 Å². The van der Waals surface area contributed by atoms with Gasteiger partial charge in [0, 0.05) is 12.1 Å². The van der Waals surface area contributed by atoms with Crippen LogP contribution in [0.5, 0.6) is 0 Å². The van der Waals surface area contributed by atoms with E-state index in [1.54, 1.807) is 0 Å². The molecule has 0 bridgehead atoms. The molecule has 6 nitrogen and oxygen atoms in total. The van der Waals surface area contributed by atoms with E-state index in [1.165, 1.54) is 19.3 Å². The van der Waals surface area contributed by atoms with Crippen molar-refractivity contribution in [3.63, 3.8) is 0 Å². The number of aliphatic hydroxyl groups is 1. The number of hydrogen-bond acceptors (Lipinski definition) is 4. The third kappa shape index (κ3) is 2.90. The number of aliphatic hydroxyl groups excluding tert-OH is 1. The van der Waals surface area contributed by atoms with Gasteiger partial charge >= 0.3 is 5.97 Å². The first-order valence-corrected chi connectivity index (χ1v) is 10.4. The quantitative estimate of drug-likeness (QED) is 0.744. The van der Waals surface area contributed by atoms with Crippen molar-refractivity contribution >= 4 is 23.3 Å². The molecule has 1 aromatic rings. The average molecular weight is 385 g/mol. The van der Waals surface area contributed by atoms with E-state index in [2.05, 4.69) is 0 Å². The fourth-order valence-corrected chi connectivity index (χ4v) is 5.42. The highest BCUT2D eigenvalue weighted by Gasteiger charge is 2.51. The number of nitrogens with zero attached hydrogens (tertiary/aromatic N) is 1. The lowest BCUT2D eigenvalue weighted by molar-refractivity contribution is -0.138. The van der Waals surface area contributed by atoms with Crippen LogP contribution in [0.2, 0.25) is 0 Å². The number of carbonyl (C=O) groups is 3. The first-order chi connectivity index (χ1) is 13.5. The molecule has 6 heteroatoms. The highest BCUT2D eigenvalue weighted by molar-refractivity contribution is 6.27. The topological polar surface area (TPSA) is 96.6 Å². The molecule has 1 spiro atoms. The maximum absolute atomic E-state index is 13.5. The normalized spacial score (nSPS) is 21.9. The van der Waals surface area contributed by atoms with E-state index in [0.29, 0.717) is 24.5 Å². The number of rotatable bonds is 5. The fraction of sp³-hybridized carbons (Fsp3) is 0.591. The van der Waals surface area contributed by atoms with Crippen LogP contribution in [0.4, 0.5) is 0 Å².